The van der Waals surface area contributed by atoms with Crippen LogP contribution in [-0.2, 0) is 14.3 Å². The number of anilines is 1. The normalized spacial score (nSPS) is 17.6. The Morgan fingerprint density at radius 1 is 1.25 bits per heavy atom. The second-order valence-corrected chi connectivity index (χ2v) is 5.89. The van der Waals surface area contributed by atoms with Crippen LogP contribution in [0.3, 0.4) is 0 Å². The SMILES string of the molecule is O=C(COC(=O)[C@H]1CC=CCC1)Nc1ccc(I)cc1. The van der Waals surface area contributed by atoms with Crippen molar-refractivity contribution in [2.75, 3.05) is 11.9 Å². The number of allylic oxidation sites excluding steroid dienone is 2. The number of ether oxygens (including phenoxy) is 1. The molecule has 0 aliphatic heterocycles. The predicted molar refractivity (Wildman–Crippen MR) is 85.2 cm³/mol. The summed E-state index contributed by atoms with van der Waals surface area (Å²) in [6.45, 7) is -0.231. The number of amides is 1. The average Bonchev–Trinajstić information content (AvgIpc) is 2.48. The fourth-order valence-corrected chi connectivity index (χ4v) is 2.35. The number of carbonyl (C=O) groups is 2. The van der Waals surface area contributed by atoms with Crippen molar-refractivity contribution in [3.63, 3.8) is 0 Å². The summed E-state index contributed by atoms with van der Waals surface area (Å²) in [5, 5.41) is 2.69. The van der Waals surface area contributed by atoms with Crippen molar-refractivity contribution < 1.29 is 14.3 Å². The number of carbonyl (C=O) groups excluding carboxylic acids is 2. The molecule has 1 N–H and O–H groups in total. The molecule has 5 heteroatoms. The van der Waals surface area contributed by atoms with Crippen molar-refractivity contribution in [1.29, 1.82) is 0 Å². The van der Waals surface area contributed by atoms with Gasteiger partial charge < -0.3 is 10.1 Å². The molecule has 0 fully saturated rings. The van der Waals surface area contributed by atoms with E-state index < -0.39 is 0 Å². The lowest BCUT2D eigenvalue weighted by Crippen LogP contribution is -2.25. The highest BCUT2D eigenvalue weighted by Crippen LogP contribution is 2.19. The molecule has 106 valence electrons. The van der Waals surface area contributed by atoms with E-state index in [2.05, 4.69) is 34.0 Å². The maximum atomic E-state index is 11.8. The molecule has 2 rings (SSSR count). The Balaban J connectivity index is 1.75. The van der Waals surface area contributed by atoms with Gasteiger partial charge in [-0.25, -0.2) is 0 Å². The van der Waals surface area contributed by atoms with E-state index in [9.17, 15) is 9.59 Å². The van der Waals surface area contributed by atoms with Gasteiger partial charge in [0.2, 0.25) is 0 Å². The number of esters is 1. The minimum Gasteiger partial charge on any atom is -0.455 e. The topological polar surface area (TPSA) is 55.4 Å². The Labute approximate surface area is 131 Å². The predicted octanol–water partition coefficient (Wildman–Crippen LogP) is 3.13. The Kier molecular flexibility index (Phi) is 5.58. The van der Waals surface area contributed by atoms with Gasteiger partial charge in [0.15, 0.2) is 6.61 Å². The van der Waals surface area contributed by atoms with E-state index in [1.165, 1.54) is 0 Å². The summed E-state index contributed by atoms with van der Waals surface area (Å²) in [7, 11) is 0. The van der Waals surface area contributed by atoms with Gasteiger partial charge in [-0.05, 0) is 66.1 Å². The van der Waals surface area contributed by atoms with Gasteiger partial charge in [-0.15, -0.1) is 0 Å². The van der Waals surface area contributed by atoms with Crippen LogP contribution in [0.25, 0.3) is 0 Å². The summed E-state index contributed by atoms with van der Waals surface area (Å²) in [5.41, 5.74) is 0.701. The monoisotopic (exact) mass is 385 g/mol. The molecule has 4 nitrogen and oxygen atoms in total. The second-order valence-electron chi connectivity index (χ2n) is 4.64. The van der Waals surface area contributed by atoms with Gasteiger partial charge in [0.1, 0.15) is 0 Å². The minimum atomic E-state index is -0.314. The van der Waals surface area contributed by atoms with Crippen LogP contribution in [0.1, 0.15) is 19.3 Å². The van der Waals surface area contributed by atoms with Crippen LogP contribution in [0, 0.1) is 9.49 Å². The van der Waals surface area contributed by atoms with Gasteiger partial charge in [-0.1, -0.05) is 12.2 Å². The molecule has 0 spiro atoms. The summed E-state index contributed by atoms with van der Waals surface area (Å²) in [6.07, 6.45) is 6.45. The molecule has 1 aliphatic rings. The molecule has 0 saturated carbocycles. The van der Waals surface area contributed by atoms with Crippen LogP contribution in [0.5, 0.6) is 0 Å². The van der Waals surface area contributed by atoms with Crippen LogP contribution in [0.4, 0.5) is 5.69 Å². The van der Waals surface area contributed by atoms with E-state index >= 15 is 0 Å². The molecular formula is C15H16INO3. The first-order valence-corrected chi connectivity index (χ1v) is 7.60. The fourth-order valence-electron chi connectivity index (χ4n) is 1.99. The third-order valence-electron chi connectivity index (χ3n) is 3.08. The van der Waals surface area contributed by atoms with Crippen molar-refractivity contribution >= 4 is 40.2 Å². The van der Waals surface area contributed by atoms with E-state index in [1.54, 1.807) is 0 Å². The van der Waals surface area contributed by atoms with Gasteiger partial charge in [0, 0.05) is 9.26 Å². The van der Waals surface area contributed by atoms with E-state index in [4.69, 9.17) is 4.74 Å². The maximum Gasteiger partial charge on any atom is 0.309 e. The number of nitrogens with one attached hydrogen (secondary N) is 1. The second kappa shape index (κ2) is 7.42. The first kappa shape index (κ1) is 15.0. The van der Waals surface area contributed by atoms with Gasteiger partial charge in [-0.2, -0.15) is 0 Å². The van der Waals surface area contributed by atoms with Gasteiger partial charge in [0.25, 0.3) is 5.91 Å². The minimum absolute atomic E-state index is 0.105. The number of hydrogen-bond acceptors (Lipinski definition) is 3. The third kappa shape index (κ3) is 4.63. The maximum absolute atomic E-state index is 11.8. The van der Waals surface area contributed by atoms with Gasteiger partial charge in [0.05, 0.1) is 5.92 Å². The molecule has 1 atom stereocenters. The molecule has 0 unspecified atom stereocenters. The Morgan fingerprint density at radius 2 is 2.00 bits per heavy atom. The molecule has 0 aromatic heterocycles. The first-order valence-electron chi connectivity index (χ1n) is 6.52. The van der Waals surface area contributed by atoms with E-state index in [0.717, 1.165) is 16.4 Å². The zero-order chi connectivity index (χ0) is 14.4. The molecule has 0 radical (unpaired) electrons. The largest absolute Gasteiger partial charge is 0.455 e. The molecule has 1 amide bonds. The highest BCUT2D eigenvalue weighted by molar-refractivity contribution is 14.1. The molecule has 20 heavy (non-hydrogen) atoms. The van der Waals surface area contributed by atoms with Crippen molar-refractivity contribution in [2.24, 2.45) is 5.92 Å². The summed E-state index contributed by atoms with van der Waals surface area (Å²) in [5.74, 6) is -0.705. The zero-order valence-corrected chi connectivity index (χ0v) is 13.1. The van der Waals surface area contributed by atoms with Gasteiger partial charge >= 0.3 is 5.97 Å². The molecule has 0 bridgehead atoms. The average molecular weight is 385 g/mol. The Morgan fingerprint density at radius 3 is 2.65 bits per heavy atom. The molecule has 1 aromatic carbocycles. The first-order chi connectivity index (χ1) is 9.65. The van der Waals surface area contributed by atoms with Crippen molar-refractivity contribution in [2.45, 2.75) is 19.3 Å². The van der Waals surface area contributed by atoms with Crippen LogP contribution < -0.4 is 5.32 Å². The summed E-state index contributed by atoms with van der Waals surface area (Å²) >= 11 is 2.19. The third-order valence-corrected chi connectivity index (χ3v) is 3.80. The fraction of sp³-hybridized carbons (Fsp3) is 0.333. The standard InChI is InChI=1S/C15H16INO3/c16-12-6-8-13(9-7-12)17-14(18)10-20-15(19)11-4-2-1-3-5-11/h1-2,6-9,11H,3-5,10H2,(H,17,18)/t11-/m0/s1. The van der Waals surface area contributed by atoms with E-state index in [-0.39, 0.29) is 24.4 Å². The number of benzene rings is 1. The van der Waals surface area contributed by atoms with Crippen molar-refractivity contribution in [1.82, 2.24) is 0 Å². The van der Waals surface area contributed by atoms with Crippen LogP contribution in [0.15, 0.2) is 36.4 Å². The Bertz CT molecular complexity index is 510. The highest BCUT2D eigenvalue weighted by atomic mass is 127. The molecule has 0 heterocycles. The van der Waals surface area contributed by atoms with E-state index in [1.807, 2.05) is 30.3 Å². The highest BCUT2D eigenvalue weighted by Gasteiger charge is 2.20. The van der Waals surface area contributed by atoms with E-state index in [0.29, 0.717) is 12.1 Å². The van der Waals surface area contributed by atoms with Crippen LogP contribution in [-0.4, -0.2) is 18.5 Å². The van der Waals surface area contributed by atoms with Crippen LogP contribution >= 0.6 is 22.6 Å². The lowest BCUT2D eigenvalue weighted by atomic mass is 9.95. The quantitative estimate of drug-likeness (QED) is 0.492. The molecular weight excluding hydrogens is 369 g/mol. The molecule has 0 saturated heterocycles. The smallest absolute Gasteiger partial charge is 0.309 e. The number of rotatable bonds is 4. The van der Waals surface area contributed by atoms with Crippen LogP contribution in [0.2, 0.25) is 0 Å². The number of halogens is 1. The zero-order valence-electron chi connectivity index (χ0n) is 11.0. The number of hydrogen-bond donors (Lipinski definition) is 1. The lowest BCUT2D eigenvalue weighted by Gasteiger charge is -2.16. The van der Waals surface area contributed by atoms with Gasteiger partial charge in [-0.3, -0.25) is 9.59 Å². The Hall–Kier alpha value is -1.37. The summed E-state index contributed by atoms with van der Waals surface area (Å²) in [6, 6.07) is 7.42. The van der Waals surface area contributed by atoms with Crippen molar-refractivity contribution in [3.8, 4) is 0 Å². The lowest BCUT2D eigenvalue weighted by molar-refractivity contribution is -0.151. The van der Waals surface area contributed by atoms with Crippen molar-refractivity contribution in [3.05, 3.63) is 40.0 Å². The summed E-state index contributed by atoms with van der Waals surface area (Å²) in [4.78, 5) is 23.4. The molecule has 1 aromatic rings. The summed E-state index contributed by atoms with van der Waals surface area (Å²) < 4.78 is 6.15. The molecule has 1 aliphatic carbocycles.